The molecule has 0 aliphatic rings. The summed E-state index contributed by atoms with van der Waals surface area (Å²) in [6, 6.07) is 9.18. The van der Waals surface area contributed by atoms with Gasteiger partial charge in [-0.3, -0.25) is 0 Å². The van der Waals surface area contributed by atoms with E-state index in [0.717, 1.165) is 6.54 Å². The Bertz CT molecular complexity index is 531. The highest BCUT2D eigenvalue weighted by Crippen LogP contribution is 2.28. The average molecular weight is 284 g/mol. The molecular weight excluding hydrogens is 273 g/mol. The molecule has 4 nitrogen and oxygen atoms in total. The van der Waals surface area contributed by atoms with E-state index >= 15 is 0 Å². The van der Waals surface area contributed by atoms with Gasteiger partial charge in [0, 0.05) is 12.6 Å². The standard InChI is InChI=1S/C12H11Cl2N3O/c1-15-7-8-2-4-9(5-3-8)18-10-6-11(13)16-17-12(10)14/h2-6,15H,7H2,1H3. The summed E-state index contributed by atoms with van der Waals surface area (Å²) in [5, 5.41) is 10.8. The summed E-state index contributed by atoms with van der Waals surface area (Å²) in [5.74, 6) is 1.05. The van der Waals surface area contributed by atoms with Gasteiger partial charge >= 0.3 is 0 Å². The van der Waals surface area contributed by atoms with Gasteiger partial charge < -0.3 is 10.1 Å². The molecule has 2 aromatic rings. The van der Waals surface area contributed by atoms with E-state index in [1.54, 1.807) is 0 Å². The third-order valence-electron chi connectivity index (χ3n) is 2.22. The number of hydrogen-bond acceptors (Lipinski definition) is 4. The second kappa shape index (κ2) is 6.00. The lowest BCUT2D eigenvalue weighted by Crippen LogP contribution is -2.04. The fraction of sp³-hybridized carbons (Fsp3) is 0.167. The van der Waals surface area contributed by atoms with Crippen molar-refractivity contribution in [2.45, 2.75) is 6.54 Å². The second-order valence-electron chi connectivity index (χ2n) is 3.60. The summed E-state index contributed by atoms with van der Waals surface area (Å²) in [4.78, 5) is 0. The molecule has 0 spiro atoms. The average Bonchev–Trinajstić information content (AvgIpc) is 2.37. The maximum atomic E-state index is 5.86. The Morgan fingerprint density at radius 2 is 1.89 bits per heavy atom. The molecular formula is C12H11Cl2N3O. The van der Waals surface area contributed by atoms with Gasteiger partial charge in [-0.05, 0) is 24.7 Å². The third-order valence-corrected chi connectivity index (χ3v) is 2.67. The predicted molar refractivity (Wildman–Crippen MR) is 71.3 cm³/mol. The van der Waals surface area contributed by atoms with Gasteiger partial charge in [0.15, 0.2) is 16.1 Å². The number of halogens is 2. The first-order valence-corrected chi connectivity index (χ1v) is 6.05. The molecule has 0 radical (unpaired) electrons. The predicted octanol–water partition coefficient (Wildman–Crippen LogP) is 3.30. The molecule has 0 saturated heterocycles. The quantitative estimate of drug-likeness (QED) is 0.935. The molecule has 1 heterocycles. The lowest BCUT2D eigenvalue weighted by Gasteiger charge is -2.07. The summed E-state index contributed by atoms with van der Waals surface area (Å²) in [6.07, 6.45) is 0. The van der Waals surface area contributed by atoms with Crippen molar-refractivity contribution in [1.82, 2.24) is 15.5 Å². The topological polar surface area (TPSA) is 47.0 Å². The summed E-state index contributed by atoms with van der Waals surface area (Å²) in [5.41, 5.74) is 1.17. The molecule has 1 aromatic heterocycles. The van der Waals surface area contributed by atoms with Crippen LogP contribution >= 0.6 is 23.2 Å². The Balaban J connectivity index is 2.15. The van der Waals surface area contributed by atoms with Crippen LogP contribution in [0.15, 0.2) is 30.3 Å². The van der Waals surface area contributed by atoms with E-state index in [2.05, 4.69) is 15.5 Å². The fourth-order valence-corrected chi connectivity index (χ4v) is 1.68. The summed E-state index contributed by atoms with van der Waals surface area (Å²) in [7, 11) is 1.90. The molecule has 0 aliphatic carbocycles. The van der Waals surface area contributed by atoms with Gasteiger partial charge in [-0.25, -0.2) is 0 Å². The first kappa shape index (κ1) is 13.1. The molecule has 0 amide bonds. The maximum absolute atomic E-state index is 5.86. The monoisotopic (exact) mass is 283 g/mol. The minimum Gasteiger partial charge on any atom is -0.454 e. The SMILES string of the molecule is CNCc1ccc(Oc2cc(Cl)nnc2Cl)cc1. The van der Waals surface area contributed by atoms with Crippen LogP contribution in [0.4, 0.5) is 0 Å². The van der Waals surface area contributed by atoms with E-state index in [-0.39, 0.29) is 10.3 Å². The van der Waals surface area contributed by atoms with Crippen LogP contribution in [0.1, 0.15) is 5.56 Å². The fourth-order valence-electron chi connectivity index (χ4n) is 1.42. The van der Waals surface area contributed by atoms with Crippen LogP contribution in [0.5, 0.6) is 11.5 Å². The lowest BCUT2D eigenvalue weighted by atomic mass is 10.2. The molecule has 1 aromatic carbocycles. The van der Waals surface area contributed by atoms with Gasteiger partial charge in [0.1, 0.15) is 5.75 Å². The van der Waals surface area contributed by atoms with Gasteiger partial charge in [-0.2, -0.15) is 0 Å². The minimum absolute atomic E-state index is 0.179. The number of nitrogens with zero attached hydrogens (tertiary/aromatic N) is 2. The van der Waals surface area contributed by atoms with E-state index in [1.807, 2.05) is 31.3 Å². The molecule has 2 rings (SSSR count). The van der Waals surface area contributed by atoms with E-state index in [0.29, 0.717) is 11.5 Å². The highest BCUT2D eigenvalue weighted by atomic mass is 35.5. The normalized spacial score (nSPS) is 10.4. The Morgan fingerprint density at radius 1 is 1.17 bits per heavy atom. The number of hydrogen-bond donors (Lipinski definition) is 1. The summed E-state index contributed by atoms with van der Waals surface area (Å²) >= 11 is 11.6. The Kier molecular flexibility index (Phi) is 4.36. The Labute approximate surface area is 115 Å². The van der Waals surface area contributed by atoms with Crippen molar-refractivity contribution in [1.29, 1.82) is 0 Å². The Morgan fingerprint density at radius 3 is 2.56 bits per heavy atom. The molecule has 18 heavy (non-hydrogen) atoms. The van der Waals surface area contributed by atoms with Crippen LogP contribution in [0, 0.1) is 0 Å². The molecule has 0 bridgehead atoms. The largest absolute Gasteiger partial charge is 0.454 e. The second-order valence-corrected chi connectivity index (χ2v) is 4.34. The van der Waals surface area contributed by atoms with Gasteiger partial charge in [-0.1, -0.05) is 35.3 Å². The summed E-state index contributed by atoms with van der Waals surface area (Å²) in [6.45, 7) is 0.809. The zero-order valence-corrected chi connectivity index (χ0v) is 11.2. The van der Waals surface area contributed by atoms with Crippen LogP contribution in [0.2, 0.25) is 10.3 Å². The van der Waals surface area contributed by atoms with Crippen LogP contribution < -0.4 is 10.1 Å². The van der Waals surface area contributed by atoms with Crippen molar-refractivity contribution in [3.8, 4) is 11.5 Å². The summed E-state index contributed by atoms with van der Waals surface area (Å²) < 4.78 is 5.58. The maximum Gasteiger partial charge on any atom is 0.194 e. The van der Waals surface area contributed by atoms with E-state index in [1.165, 1.54) is 11.6 Å². The molecule has 6 heteroatoms. The molecule has 0 aliphatic heterocycles. The number of nitrogens with one attached hydrogen (secondary N) is 1. The molecule has 0 unspecified atom stereocenters. The van der Waals surface area contributed by atoms with Crippen molar-refractivity contribution in [2.75, 3.05) is 7.05 Å². The molecule has 0 saturated carbocycles. The lowest BCUT2D eigenvalue weighted by molar-refractivity contribution is 0.478. The molecule has 0 atom stereocenters. The van der Waals surface area contributed by atoms with Crippen LogP contribution in [-0.2, 0) is 6.54 Å². The number of benzene rings is 1. The van der Waals surface area contributed by atoms with Crippen molar-refractivity contribution in [2.24, 2.45) is 0 Å². The highest BCUT2D eigenvalue weighted by Gasteiger charge is 2.06. The van der Waals surface area contributed by atoms with Crippen molar-refractivity contribution in [3.05, 3.63) is 46.2 Å². The molecule has 1 N–H and O–H groups in total. The van der Waals surface area contributed by atoms with Crippen molar-refractivity contribution in [3.63, 3.8) is 0 Å². The van der Waals surface area contributed by atoms with Gasteiger partial charge in [0.2, 0.25) is 0 Å². The van der Waals surface area contributed by atoms with E-state index in [4.69, 9.17) is 27.9 Å². The first-order chi connectivity index (χ1) is 8.69. The van der Waals surface area contributed by atoms with Gasteiger partial charge in [0.05, 0.1) is 0 Å². The first-order valence-electron chi connectivity index (χ1n) is 5.29. The highest BCUT2D eigenvalue weighted by molar-refractivity contribution is 6.32. The van der Waals surface area contributed by atoms with E-state index < -0.39 is 0 Å². The minimum atomic E-state index is 0.179. The number of rotatable bonds is 4. The number of aromatic nitrogens is 2. The van der Waals surface area contributed by atoms with E-state index in [9.17, 15) is 0 Å². The Hall–Kier alpha value is -1.36. The van der Waals surface area contributed by atoms with Crippen LogP contribution in [0.25, 0.3) is 0 Å². The van der Waals surface area contributed by atoms with Crippen molar-refractivity contribution < 1.29 is 4.74 Å². The molecule has 94 valence electrons. The third kappa shape index (κ3) is 3.32. The van der Waals surface area contributed by atoms with Gasteiger partial charge in [0.25, 0.3) is 0 Å². The van der Waals surface area contributed by atoms with Gasteiger partial charge in [-0.15, -0.1) is 10.2 Å². The zero-order chi connectivity index (χ0) is 13.0. The van der Waals surface area contributed by atoms with Crippen LogP contribution in [-0.4, -0.2) is 17.2 Å². The van der Waals surface area contributed by atoms with Crippen molar-refractivity contribution >= 4 is 23.2 Å². The van der Waals surface area contributed by atoms with Crippen LogP contribution in [0.3, 0.4) is 0 Å². The zero-order valence-electron chi connectivity index (χ0n) is 9.65. The molecule has 0 fully saturated rings. The number of ether oxygens (including phenoxy) is 1. The smallest absolute Gasteiger partial charge is 0.194 e.